The fourth-order valence-electron chi connectivity index (χ4n) is 3.17. The Morgan fingerprint density at radius 3 is 2.79 bits per heavy atom. The summed E-state index contributed by atoms with van der Waals surface area (Å²) in [7, 11) is 0.736. The molecule has 0 aliphatic carbocycles. The molecule has 0 spiro atoms. The molecule has 0 fully saturated rings. The van der Waals surface area contributed by atoms with Gasteiger partial charge in [-0.2, -0.15) is 23.5 Å². The van der Waals surface area contributed by atoms with Gasteiger partial charge in [0, 0.05) is 24.9 Å². The molecule has 3 aromatic heterocycles. The number of esters is 1. The first-order valence-electron chi connectivity index (χ1n) is 9.55. The van der Waals surface area contributed by atoms with Crippen molar-refractivity contribution in [1.82, 2.24) is 19.9 Å². The fraction of sp³-hybridized carbons (Fsp3) is 0.190. The van der Waals surface area contributed by atoms with E-state index in [-0.39, 0.29) is 34.4 Å². The van der Waals surface area contributed by atoms with Crippen LogP contribution in [0.5, 0.6) is 0 Å². The van der Waals surface area contributed by atoms with Gasteiger partial charge < -0.3 is 19.2 Å². The lowest BCUT2D eigenvalue weighted by atomic mass is 10.1. The Kier molecular flexibility index (Phi) is 5.91. The van der Waals surface area contributed by atoms with E-state index in [9.17, 15) is 28.0 Å². The van der Waals surface area contributed by atoms with E-state index < -0.39 is 29.9 Å². The van der Waals surface area contributed by atoms with Crippen LogP contribution in [-0.4, -0.2) is 46.1 Å². The number of methoxy groups -OCH3 is 1. The molecule has 13 heteroatoms. The van der Waals surface area contributed by atoms with Crippen molar-refractivity contribution < 1.29 is 36.7 Å². The second-order valence-electron chi connectivity index (χ2n) is 6.91. The summed E-state index contributed by atoms with van der Waals surface area (Å²) in [6, 6.07) is 7.34. The van der Waals surface area contributed by atoms with E-state index in [4.69, 9.17) is 4.42 Å². The standard InChI is InChI=1S/C21H14F3N5O5/c1-32-20(21(22,23)24)34-19(31)14-6-11(8-25)5-12-7-13(33-16(12)14)9-27-18(30)15-10-28-29-4-2-3-26-17(15)29/h2-7,10,20H,9H2,1H3,(H,27,30). The molecular weight excluding hydrogens is 459 g/mol. The average molecular weight is 473 g/mol. The second-order valence-corrected chi connectivity index (χ2v) is 6.91. The van der Waals surface area contributed by atoms with E-state index >= 15 is 0 Å². The minimum absolute atomic E-state index is 0.00533. The number of nitriles is 1. The zero-order chi connectivity index (χ0) is 24.5. The normalized spacial score (nSPS) is 12.4. The zero-order valence-corrected chi connectivity index (χ0v) is 17.3. The number of hydrogen-bond donors (Lipinski definition) is 1. The van der Waals surface area contributed by atoms with Crippen molar-refractivity contribution in [3.05, 3.63) is 65.3 Å². The van der Waals surface area contributed by atoms with Gasteiger partial charge in [0.25, 0.3) is 12.2 Å². The number of nitrogens with one attached hydrogen (secondary N) is 1. The number of hydrogen-bond acceptors (Lipinski definition) is 8. The third kappa shape index (κ3) is 4.39. The highest BCUT2D eigenvalue weighted by Gasteiger charge is 2.44. The number of carbonyl (C=O) groups excluding carboxylic acids is 2. The first kappa shape index (κ1) is 22.7. The van der Waals surface area contributed by atoms with E-state index in [2.05, 4.69) is 24.9 Å². The van der Waals surface area contributed by atoms with Crippen LogP contribution < -0.4 is 5.32 Å². The average Bonchev–Trinajstić information content (AvgIpc) is 3.43. The summed E-state index contributed by atoms with van der Waals surface area (Å²) in [5.41, 5.74) is 0.0399. The lowest BCUT2D eigenvalue weighted by Crippen LogP contribution is -2.35. The van der Waals surface area contributed by atoms with Gasteiger partial charge in [-0.1, -0.05) is 0 Å². The molecule has 10 nitrogen and oxygen atoms in total. The number of rotatable bonds is 6. The van der Waals surface area contributed by atoms with Gasteiger partial charge in [0.05, 0.1) is 24.4 Å². The van der Waals surface area contributed by atoms with E-state index in [0.29, 0.717) is 5.65 Å². The zero-order valence-electron chi connectivity index (χ0n) is 17.3. The number of alkyl halides is 3. The molecule has 3 heterocycles. The van der Waals surface area contributed by atoms with Gasteiger partial charge in [0.1, 0.15) is 22.5 Å². The number of amides is 1. The van der Waals surface area contributed by atoms with Crippen molar-refractivity contribution in [2.45, 2.75) is 19.0 Å². The molecule has 4 rings (SSSR count). The van der Waals surface area contributed by atoms with Gasteiger partial charge in [0.2, 0.25) is 0 Å². The first-order chi connectivity index (χ1) is 16.2. The van der Waals surface area contributed by atoms with Crippen molar-refractivity contribution >= 4 is 28.5 Å². The first-order valence-corrected chi connectivity index (χ1v) is 9.55. The molecule has 0 aliphatic heterocycles. The molecule has 1 unspecified atom stereocenters. The van der Waals surface area contributed by atoms with Crippen molar-refractivity contribution in [2.75, 3.05) is 7.11 Å². The van der Waals surface area contributed by atoms with Crippen LogP contribution in [0.25, 0.3) is 16.6 Å². The quantitative estimate of drug-likeness (QED) is 0.334. The molecule has 1 amide bonds. The van der Waals surface area contributed by atoms with E-state index in [0.717, 1.165) is 13.2 Å². The van der Waals surface area contributed by atoms with Crippen LogP contribution in [0.2, 0.25) is 0 Å². The number of carbonyl (C=O) groups is 2. The van der Waals surface area contributed by atoms with E-state index in [1.54, 1.807) is 12.3 Å². The van der Waals surface area contributed by atoms with Crippen molar-refractivity contribution in [2.24, 2.45) is 0 Å². The number of ether oxygens (including phenoxy) is 2. The summed E-state index contributed by atoms with van der Waals surface area (Å²) < 4.78 is 54.4. The topological polar surface area (TPSA) is 132 Å². The number of fused-ring (bicyclic) bond motifs is 2. The van der Waals surface area contributed by atoms with Crippen LogP contribution in [0.3, 0.4) is 0 Å². The highest BCUT2D eigenvalue weighted by atomic mass is 19.4. The highest BCUT2D eigenvalue weighted by Crippen LogP contribution is 2.29. The van der Waals surface area contributed by atoms with E-state index in [1.807, 2.05) is 6.07 Å². The van der Waals surface area contributed by atoms with Crippen LogP contribution in [-0.2, 0) is 16.0 Å². The molecule has 0 aliphatic rings. The minimum atomic E-state index is -4.96. The molecule has 4 aromatic rings. The van der Waals surface area contributed by atoms with Gasteiger partial charge >= 0.3 is 12.1 Å². The van der Waals surface area contributed by atoms with Gasteiger partial charge in [-0.15, -0.1) is 0 Å². The number of nitrogens with zero attached hydrogens (tertiary/aromatic N) is 4. The minimum Gasteiger partial charge on any atom is -0.458 e. The Bertz CT molecular complexity index is 1440. The number of halogens is 3. The summed E-state index contributed by atoms with van der Waals surface area (Å²) in [4.78, 5) is 29.1. The Balaban J connectivity index is 1.59. The summed E-state index contributed by atoms with van der Waals surface area (Å²) in [6.07, 6.45) is -3.28. The number of furan rings is 1. The van der Waals surface area contributed by atoms with Crippen LogP contribution in [0.4, 0.5) is 13.2 Å². The predicted molar refractivity (Wildman–Crippen MR) is 107 cm³/mol. The smallest absolute Gasteiger partial charge is 0.452 e. The predicted octanol–water partition coefficient (Wildman–Crippen LogP) is 2.97. The number of aromatic nitrogens is 3. The molecule has 1 atom stereocenters. The van der Waals surface area contributed by atoms with Crippen molar-refractivity contribution in [3.63, 3.8) is 0 Å². The number of benzene rings is 1. The van der Waals surface area contributed by atoms with Gasteiger partial charge in [-0.05, 0) is 24.3 Å². The summed E-state index contributed by atoms with van der Waals surface area (Å²) in [6.45, 7) is -0.128. The monoisotopic (exact) mass is 473 g/mol. The Labute approximate surface area is 188 Å². The third-order valence-corrected chi connectivity index (χ3v) is 4.66. The molecule has 34 heavy (non-hydrogen) atoms. The maximum absolute atomic E-state index is 12.9. The fourth-order valence-corrected chi connectivity index (χ4v) is 3.17. The van der Waals surface area contributed by atoms with Crippen molar-refractivity contribution in [3.8, 4) is 6.07 Å². The molecule has 1 aromatic carbocycles. The van der Waals surface area contributed by atoms with Crippen LogP contribution in [0.15, 0.2) is 47.3 Å². The second kappa shape index (κ2) is 8.83. The Hall–Kier alpha value is -4.44. The third-order valence-electron chi connectivity index (χ3n) is 4.66. The molecule has 0 bridgehead atoms. The summed E-state index contributed by atoms with van der Waals surface area (Å²) in [5, 5.41) is 16.1. The van der Waals surface area contributed by atoms with E-state index in [1.165, 1.54) is 29.0 Å². The Morgan fingerprint density at radius 1 is 1.29 bits per heavy atom. The van der Waals surface area contributed by atoms with Crippen LogP contribution in [0.1, 0.15) is 32.0 Å². The lowest BCUT2D eigenvalue weighted by Gasteiger charge is -2.18. The maximum Gasteiger partial charge on any atom is 0.452 e. The van der Waals surface area contributed by atoms with Gasteiger partial charge in [-0.3, -0.25) is 4.79 Å². The van der Waals surface area contributed by atoms with Crippen LogP contribution in [0, 0.1) is 11.3 Å². The van der Waals surface area contributed by atoms with Crippen molar-refractivity contribution in [1.29, 1.82) is 5.26 Å². The molecule has 174 valence electrons. The molecule has 0 saturated heterocycles. The summed E-state index contributed by atoms with van der Waals surface area (Å²) >= 11 is 0. The highest BCUT2D eigenvalue weighted by molar-refractivity contribution is 6.03. The maximum atomic E-state index is 12.9. The van der Waals surface area contributed by atoms with Crippen LogP contribution >= 0.6 is 0 Å². The largest absolute Gasteiger partial charge is 0.458 e. The molecular formula is C21H14F3N5O5. The molecule has 0 radical (unpaired) electrons. The van der Waals surface area contributed by atoms with Gasteiger partial charge in [-0.25, -0.2) is 14.3 Å². The lowest BCUT2D eigenvalue weighted by molar-refractivity contribution is -0.283. The Morgan fingerprint density at radius 2 is 2.09 bits per heavy atom. The SMILES string of the molecule is COC(OC(=O)c1cc(C#N)cc2cc(CNC(=O)c3cnn4cccnc34)oc12)C(F)(F)F. The molecule has 0 saturated carbocycles. The molecule has 1 N–H and O–H groups in total. The summed E-state index contributed by atoms with van der Waals surface area (Å²) in [5.74, 6) is -1.72. The van der Waals surface area contributed by atoms with Gasteiger partial charge in [0.15, 0.2) is 5.65 Å².